The van der Waals surface area contributed by atoms with Crippen LogP contribution in [0.15, 0.2) is 53.3 Å². The van der Waals surface area contributed by atoms with Gasteiger partial charge in [-0.2, -0.15) is 0 Å². The van der Waals surface area contributed by atoms with E-state index in [1.165, 1.54) is 35.9 Å². The Bertz CT molecular complexity index is 870. The maximum absolute atomic E-state index is 12.5. The number of anilines is 1. The van der Waals surface area contributed by atoms with Gasteiger partial charge in [0.25, 0.3) is 0 Å². The number of rotatable bonds is 6. The number of hydrogen-bond donors (Lipinski definition) is 1. The molecule has 1 aliphatic carbocycles. The largest absolute Gasteiger partial charge is 0.323 e. The molecule has 4 rings (SSSR count). The average molecular weight is 371 g/mol. The molecule has 5 nitrogen and oxygen atoms in total. The molecule has 7 heteroatoms. The summed E-state index contributed by atoms with van der Waals surface area (Å²) in [5, 5.41) is 6.19. The first kappa shape index (κ1) is 16.4. The lowest BCUT2D eigenvalue weighted by atomic mass is 10.2. The van der Waals surface area contributed by atoms with Crippen LogP contribution in [-0.4, -0.2) is 25.7 Å². The van der Waals surface area contributed by atoms with Crippen LogP contribution in [0, 0.1) is 0 Å². The van der Waals surface area contributed by atoms with Gasteiger partial charge in [-0.05, 0) is 19.8 Å². The van der Waals surface area contributed by atoms with Gasteiger partial charge >= 0.3 is 0 Å². The number of carbonyl (C=O) groups is 1. The first-order valence-corrected chi connectivity index (χ1v) is 9.98. The Morgan fingerprint density at radius 1 is 1.36 bits per heavy atom. The second-order valence-corrected chi connectivity index (χ2v) is 8.17. The van der Waals surface area contributed by atoms with E-state index in [1.54, 1.807) is 6.20 Å². The fourth-order valence-corrected chi connectivity index (χ4v) is 4.17. The highest BCUT2D eigenvalue weighted by atomic mass is 32.2. The molecule has 0 saturated heterocycles. The van der Waals surface area contributed by atoms with Crippen molar-refractivity contribution in [3.8, 4) is 11.3 Å². The smallest absolute Gasteiger partial charge is 0.239 e. The van der Waals surface area contributed by atoms with Crippen molar-refractivity contribution in [1.82, 2.24) is 14.5 Å². The van der Waals surface area contributed by atoms with E-state index in [9.17, 15) is 4.79 Å². The molecule has 1 fully saturated rings. The van der Waals surface area contributed by atoms with Crippen LogP contribution in [0.3, 0.4) is 0 Å². The summed E-state index contributed by atoms with van der Waals surface area (Å²) >= 11 is 2.94. The molecule has 0 radical (unpaired) electrons. The molecular weight excluding hydrogens is 352 g/mol. The molecule has 1 unspecified atom stereocenters. The van der Waals surface area contributed by atoms with E-state index in [1.807, 2.05) is 48.8 Å². The second kappa shape index (κ2) is 7.01. The van der Waals surface area contributed by atoms with Crippen LogP contribution in [0.4, 0.5) is 5.13 Å². The summed E-state index contributed by atoms with van der Waals surface area (Å²) in [6, 6.07) is 10.5. The fourth-order valence-electron chi connectivity index (χ4n) is 2.51. The summed E-state index contributed by atoms with van der Waals surface area (Å²) in [7, 11) is 0. The predicted molar refractivity (Wildman–Crippen MR) is 102 cm³/mol. The summed E-state index contributed by atoms with van der Waals surface area (Å²) in [5.74, 6) is -0.0516. The lowest BCUT2D eigenvalue weighted by molar-refractivity contribution is -0.115. The van der Waals surface area contributed by atoms with E-state index in [-0.39, 0.29) is 11.2 Å². The number of hydrogen-bond acceptors (Lipinski definition) is 5. The Labute approximate surface area is 154 Å². The van der Waals surface area contributed by atoms with Crippen molar-refractivity contribution >= 4 is 34.1 Å². The van der Waals surface area contributed by atoms with Crippen LogP contribution >= 0.6 is 23.1 Å². The van der Waals surface area contributed by atoms with Crippen molar-refractivity contribution in [3.05, 3.63) is 48.1 Å². The van der Waals surface area contributed by atoms with Gasteiger partial charge in [-0.15, -0.1) is 11.3 Å². The normalized spacial score (nSPS) is 15.1. The average Bonchev–Trinajstić information content (AvgIpc) is 3.19. The van der Waals surface area contributed by atoms with Crippen molar-refractivity contribution in [2.75, 3.05) is 5.32 Å². The maximum Gasteiger partial charge on any atom is 0.239 e. The van der Waals surface area contributed by atoms with Crippen molar-refractivity contribution in [2.45, 2.75) is 36.2 Å². The van der Waals surface area contributed by atoms with Crippen LogP contribution in [0.2, 0.25) is 0 Å². The standard InChI is InChI=1S/C18H18N4OS2/c1-12(25-18-19-9-10-22(18)14-7-8-14)16(23)21-17-20-15(11-24-17)13-5-3-2-4-6-13/h2-6,9-12,14H,7-8H2,1H3,(H,20,21,23). The van der Waals surface area contributed by atoms with Crippen molar-refractivity contribution in [2.24, 2.45) is 0 Å². The van der Waals surface area contributed by atoms with Crippen molar-refractivity contribution in [3.63, 3.8) is 0 Å². The predicted octanol–water partition coefficient (Wildman–Crippen LogP) is 4.46. The van der Waals surface area contributed by atoms with E-state index in [0.29, 0.717) is 11.2 Å². The molecule has 3 aromatic rings. The number of amides is 1. The Hall–Kier alpha value is -2.12. The highest BCUT2D eigenvalue weighted by molar-refractivity contribution is 8.00. The Morgan fingerprint density at radius 2 is 2.16 bits per heavy atom. The van der Waals surface area contributed by atoms with Crippen LogP contribution < -0.4 is 5.32 Å². The number of thiazole rings is 1. The number of nitrogens with zero attached hydrogens (tertiary/aromatic N) is 3. The molecule has 0 spiro atoms. The van der Waals surface area contributed by atoms with Gasteiger partial charge in [0.15, 0.2) is 10.3 Å². The van der Waals surface area contributed by atoms with Crippen LogP contribution in [0.1, 0.15) is 25.8 Å². The third-order valence-electron chi connectivity index (χ3n) is 4.03. The molecule has 1 amide bonds. The third-order valence-corrected chi connectivity index (χ3v) is 5.88. The van der Waals surface area contributed by atoms with Gasteiger partial charge in [-0.1, -0.05) is 42.1 Å². The summed E-state index contributed by atoms with van der Waals surface area (Å²) in [6.07, 6.45) is 6.20. The van der Waals surface area contributed by atoms with Gasteiger partial charge in [-0.25, -0.2) is 9.97 Å². The molecule has 1 aromatic carbocycles. The van der Waals surface area contributed by atoms with E-state index in [2.05, 4.69) is 19.9 Å². The van der Waals surface area contributed by atoms with Gasteiger partial charge in [0.2, 0.25) is 5.91 Å². The van der Waals surface area contributed by atoms with Crippen LogP contribution in [0.25, 0.3) is 11.3 Å². The molecule has 1 atom stereocenters. The summed E-state index contributed by atoms with van der Waals surface area (Å²) in [4.78, 5) is 21.4. The van der Waals surface area contributed by atoms with E-state index in [0.717, 1.165) is 16.4 Å². The van der Waals surface area contributed by atoms with Gasteiger partial charge in [0, 0.05) is 29.4 Å². The molecule has 1 N–H and O–H groups in total. The lowest BCUT2D eigenvalue weighted by Crippen LogP contribution is -2.22. The van der Waals surface area contributed by atoms with Gasteiger partial charge < -0.3 is 9.88 Å². The molecule has 2 aromatic heterocycles. The maximum atomic E-state index is 12.5. The third kappa shape index (κ3) is 3.77. The summed E-state index contributed by atoms with van der Waals surface area (Å²) < 4.78 is 2.17. The van der Waals surface area contributed by atoms with Crippen LogP contribution in [-0.2, 0) is 4.79 Å². The number of thioether (sulfide) groups is 1. The molecule has 1 saturated carbocycles. The summed E-state index contributed by atoms with van der Waals surface area (Å²) in [5.41, 5.74) is 1.93. The number of nitrogens with one attached hydrogen (secondary N) is 1. The number of aromatic nitrogens is 3. The van der Waals surface area contributed by atoms with Gasteiger partial charge in [-0.3, -0.25) is 4.79 Å². The molecule has 1 aliphatic rings. The first-order chi connectivity index (χ1) is 12.2. The van der Waals surface area contributed by atoms with E-state index in [4.69, 9.17) is 0 Å². The Kier molecular flexibility index (Phi) is 4.59. The molecule has 2 heterocycles. The van der Waals surface area contributed by atoms with Crippen LogP contribution in [0.5, 0.6) is 0 Å². The first-order valence-electron chi connectivity index (χ1n) is 8.22. The minimum atomic E-state index is -0.232. The van der Waals surface area contributed by atoms with Gasteiger partial charge in [0.1, 0.15) is 0 Å². The monoisotopic (exact) mass is 370 g/mol. The topological polar surface area (TPSA) is 59.8 Å². The number of carbonyl (C=O) groups excluding carboxylic acids is 1. The molecular formula is C18H18N4OS2. The molecule has 0 bridgehead atoms. The Morgan fingerprint density at radius 3 is 2.92 bits per heavy atom. The minimum Gasteiger partial charge on any atom is -0.323 e. The van der Waals surface area contributed by atoms with Gasteiger partial charge in [0.05, 0.1) is 10.9 Å². The highest BCUT2D eigenvalue weighted by Crippen LogP contribution is 2.38. The lowest BCUT2D eigenvalue weighted by Gasteiger charge is -2.11. The zero-order valence-electron chi connectivity index (χ0n) is 13.8. The molecule has 25 heavy (non-hydrogen) atoms. The highest BCUT2D eigenvalue weighted by Gasteiger charge is 2.27. The zero-order valence-corrected chi connectivity index (χ0v) is 15.4. The number of imidazole rings is 1. The quantitative estimate of drug-likeness (QED) is 0.651. The van der Waals surface area contributed by atoms with E-state index >= 15 is 0 Å². The zero-order chi connectivity index (χ0) is 17.2. The second-order valence-electron chi connectivity index (χ2n) is 6.00. The Balaban J connectivity index is 1.40. The fraction of sp³-hybridized carbons (Fsp3) is 0.278. The summed E-state index contributed by atoms with van der Waals surface area (Å²) in [6.45, 7) is 1.90. The SMILES string of the molecule is CC(Sc1nccn1C1CC1)C(=O)Nc1nc(-c2ccccc2)cs1. The minimum absolute atomic E-state index is 0.0516. The molecule has 0 aliphatic heterocycles. The molecule has 128 valence electrons. The number of benzene rings is 1. The van der Waals surface area contributed by atoms with Crippen molar-refractivity contribution in [1.29, 1.82) is 0 Å². The van der Waals surface area contributed by atoms with Crippen molar-refractivity contribution < 1.29 is 4.79 Å². The van der Waals surface area contributed by atoms with E-state index < -0.39 is 0 Å².